The van der Waals surface area contributed by atoms with Crippen molar-refractivity contribution in [3.63, 3.8) is 0 Å². The van der Waals surface area contributed by atoms with Crippen LogP contribution in [-0.2, 0) is 22.6 Å². The zero-order valence-corrected chi connectivity index (χ0v) is 16.2. The van der Waals surface area contributed by atoms with Gasteiger partial charge in [0, 0.05) is 16.8 Å². The van der Waals surface area contributed by atoms with Crippen LogP contribution < -0.4 is 11.1 Å². The van der Waals surface area contributed by atoms with E-state index in [2.05, 4.69) is 10.3 Å². The molecule has 0 radical (unpaired) electrons. The fraction of sp³-hybridized carbons (Fsp3) is 0.261. The molecular weight excluding hydrogens is 366 g/mol. The maximum absolute atomic E-state index is 12.4. The average molecular weight is 389 g/mol. The quantitative estimate of drug-likeness (QED) is 0.564. The molecule has 1 saturated carbocycles. The third-order valence-corrected chi connectivity index (χ3v) is 5.54. The Morgan fingerprint density at radius 1 is 1.14 bits per heavy atom. The molecule has 148 valence electrons. The molecule has 1 aromatic heterocycles. The van der Waals surface area contributed by atoms with Gasteiger partial charge in [0.1, 0.15) is 5.41 Å². The van der Waals surface area contributed by atoms with E-state index < -0.39 is 11.3 Å². The van der Waals surface area contributed by atoms with Crippen LogP contribution in [0.25, 0.3) is 10.9 Å². The van der Waals surface area contributed by atoms with Crippen molar-refractivity contribution in [2.75, 3.05) is 5.32 Å². The molecule has 4 N–H and O–H groups in total. The van der Waals surface area contributed by atoms with Crippen molar-refractivity contribution >= 4 is 28.4 Å². The van der Waals surface area contributed by atoms with Crippen molar-refractivity contribution < 1.29 is 14.7 Å². The van der Waals surface area contributed by atoms with Crippen LogP contribution in [0, 0.1) is 12.3 Å². The average Bonchev–Trinajstić information content (AvgIpc) is 3.50. The molecular formula is C23H23N3O3. The van der Waals surface area contributed by atoms with Crippen LogP contribution in [0.4, 0.5) is 5.69 Å². The van der Waals surface area contributed by atoms with E-state index in [0.717, 1.165) is 33.3 Å². The lowest BCUT2D eigenvalue weighted by molar-refractivity contribution is -0.132. The van der Waals surface area contributed by atoms with E-state index in [1.807, 2.05) is 49.4 Å². The minimum absolute atomic E-state index is 0.0353. The van der Waals surface area contributed by atoms with Crippen LogP contribution in [0.5, 0.6) is 0 Å². The molecule has 1 fully saturated rings. The predicted molar refractivity (Wildman–Crippen MR) is 111 cm³/mol. The molecule has 0 bridgehead atoms. The van der Waals surface area contributed by atoms with E-state index in [4.69, 9.17) is 5.73 Å². The molecule has 1 aliphatic rings. The number of aliphatic hydroxyl groups is 1. The molecule has 0 spiro atoms. The second-order valence-electron chi connectivity index (χ2n) is 7.67. The summed E-state index contributed by atoms with van der Waals surface area (Å²) in [6, 6.07) is 15.4. The van der Waals surface area contributed by atoms with Gasteiger partial charge in [0.25, 0.3) is 0 Å². The molecule has 2 amide bonds. The maximum Gasteiger partial charge on any atom is 0.240 e. The summed E-state index contributed by atoms with van der Waals surface area (Å²) in [6.07, 6.45) is 1.63. The molecule has 6 nitrogen and oxygen atoms in total. The second kappa shape index (κ2) is 7.29. The summed E-state index contributed by atoms with van der Waals surface area (Å²) in [5.74, 6) is -0.903. The monoisotopic (exact) mass is 389 g/mol. The van der Waals surface area contributed by atoms with Gasteiger partial charge in [-0.3, -0.25) is 14.6 Å². The standard InChI is InChI=1S/C23H23N3O3/c1-14-10-17(13-27)19-7-3-5-16(20(19)25-14)11-15-4-2-6-18(12-15)26-22(29)23(8-9-23)21(24)28/h2-7,10,12,27H,8-9,11,13H2,1H3,(H2,24,28)(H,26,29). The van der Waals surface area contributed by atoms with Gasteiger partial charge in [0.05, 0.1) is 12.1 Å². The number of rotatable bonds is 6. The summed E-state index contributed by atoms with van der Waals surface area (Å²) in [7, 11) is 0. The Labute approximate surface area is 168 Å². The van der Waals surface area contributed by atoms with Crippen molar-refractivity contribution in [3.8, 4) is 0 Å². The maximum atomic E-state index is 12.4. The number of para-hydroxylation sites is 1. The minimum Gasteiger partial charge on any atom is -0.392 e. The molecule has 0 atom stereocenters. The predicted octanol–water partition coefficient (Wildman–Crippen LogP) is 2.83. The lowest BCUT2D eigenvalue weighted by Crippen LogP contribution is -2.36. The van der Waals surface area contributed by atoms with Gasteiger partial charge in [-0.2, -0.15) is 0 Å². The van der Waals surface area contributed by atoms with Gasteiger partial charge in [-0.05, 0) is 61.1 Å². The fourth-order valence-electron chi connectivity index (χ4n) is 3.73. The van der Waals surface area contributed by atoms with E-state index in [1.54, 1.807) is 6.07 Å². The molecule has 2 aromatic carbocycles. The molecule has 0 unspecified atom stereocenters. The third-order valence-electron chi connectivity index (χ3n) is 5.54. The zero-order valence-electron chi connectivity index (χ0n) is 16.2. The first-order chi connectivity index (χ1) is 13.9. The number of benzene rings is 2. The number of carbonyl (C=O) groups excluding carboxylic acids is 2. The van der Waals surface area contributed by atoms with E-state index in [1.165, 1.54) is 0 Å². The van der Waals surface area contributed by atoms with E-state index in [9.17, 15) is 14.7 Å². The highest BCUT2D eigenvalue weighted by Crippen LogP contribution is 2.46. The van der Waals surface area contributed by atoms with Crippen molar-refractivity contribution in [1.82, 2.24) is 4.98 Å². The second-order valence-corrected chi connectivity index (χ2v) is 7.67. The Morgan fingerprint density at radius 3 is 2.59 bits per heavy atom. The number of pyridine rings is 1. The number of primary amides is 1. The molecule has 1 heterocycles. The highest BCUT2D eigenvalue weighted by Gasteiger charge is 2.55. The van der Waals surface area contributed by atoms with Gasteiger partial charge in [-0.25, -0.2) is 0 Å². The molecule has 1 aliphatic carbocycles. The van der Waals surface area contributed by atoms with Gasteiger partial charge in [-0.15, -0.1) is 0 Å². The summed E-state index contributed by atoms with van der Waals surface area (Å²) < 4.78 is 0. The smallest absolute Gasteiger partial charge is 0.240 e. The minimum atomic E-state index is -1.05. The molecule has 3 aromatic rings. The molecule has 4 rings (SSSR count). The number of fused-ring (bicyclic) bond motifs is 1. The summed E-state index contributed by atoms with van der Waals surface area (Å²) in [5, 5.41) is 13.4. The zero-order chi connectivity index (χ0) is 20.6. The first-order valence-corrected chi connectivity index (χ1v) is 9.62. The Bertz CT molecular complexity index is 1120. The number of anilines is 1. The first-order valence-electron chi connectivity index (χ1n) is 9.62. The van der Waals surface area contributed by atoms with Crippen LogP contribution in [0.2, 0.25) is 0 Å². The lowest BCUT2D eigenvalue weighted by Gasteiger charge is -2.13. The van der Waals surface area contributed by atoms with Crippen molar-refractivity contribution in [3.05, 3.63) is 70.9 Å². The summed E-state index contributed by atoms with van der Waals surface area (Å²) in [5.41, 5.74) is 9.61. The number of amides is 2. The van der Waals surface area contributed by atoms with Gasteiger partial charge in [-0.1, -0.05) is 30.3 Å². The molecule has 0 saturated heterocycles. The van der Waals surface area contributed by atoms with Crippen LogP contribution in [0.1, 0.15) is 35.2 Å². The van der Waals surface area contributed by atoms with E-state index in [0.29, 0.717) is 24.9 Å². The number of carbonyl (C=O) groups is 2. The van der Waals surface area contributed by atoms with Crippen LogP contribution in [0.3, 0.4) is 0 Å². The highest BCUT2D eigenvalue weighted by molar-refractivity contribution is 6.12. The molecule has 0 aliphatic heterocycles. The number of aliphatic hydroxyl groups excluding tert-OH is 1. The number of hydrogen-bond acceptors (Lipinski definition) is 4. The van der Waals surface area contributed by atoms with Crippen LogP contribution in [0.15, 0.2) is 48.5 Å². The largest absolute Gasteiger partial charge is 0.392 e. The number of nitrogens with two attached hydrogens (primary N) is 1. The number of aromatic nitrogens is 1. The number of nitrogens with zero attached hydrogens (tertiary/aromatic N) is 1. The highest BCUT2D eigenvalue weighted by atomic mass is 16.3. The van der Waals surface area contributed by atoms with Crippen LogP contribution >= 0.6 is 0 Å². The Hall–Kier alpha value is -3.25. The number of nitrogens with one attached hydrogen (secondary N) is 1. The molecule has 29 heavy (non-hydrogen) atoms. The number of hydrogen-bond donors (Lipinski definition) is 3. The fourth-order valence-corrected chi connectivity index (χ4v) is 3.73. The van der Waals surface area contributed by atoms with Crippen molar-refractivity contribution in [1.29, 1.82) is 0 Å². The summed E-state index contributed by atoms with van der Waals surface area (Å²) in [4.78, 5) is 28.7. The first kappa shape index (κ1) is 19.1. The lowest BCUT2D eigenvalue weighted by atomic mass is 9.99. The van der Waals surface area contributed by atoms with Gasteiger partial charge < -0.3 is 16.2 Å². The van der Waals surface area contributed by atoms with Crippen molar-refractivity contribution in [2.45, 2.75) is 32.8 Å². The molecule has 6 heteroatoms. The Morgan fingerprint density at radius 2 is 1.90 bits per heavy atom. The summed E-state index contributed by atoms with van der Waals surface area (Å²) >= 11 is 0. The van der Waals surface area contributed by atoms with Gasteiger partial charge >= 0.3 is 0 Å². The summed E-state index contributed by atoms with van der Waals surface area (Å²) in [6.45, 7) is 1.88. The van der Waals surface area contributed by atoms with E-state index >= 15 is 0 Å². The number of aryl methyl sites for hydroxylation is 1. The normalized spacial score (nSPS) is 14.6. The van der Waals surface area contributed by atoms with Gasteiger partial charge in [0.15, 0.2) is 0 Å². The van der Waals surface area contributed by atoms with Gasteiger partial charge in [0.2, 0.25) is 11.8 Å². The third kappa shape index (κ3) is 3.59. The van der Waals surface area contributed by atoms with Crippen molar-refractivity contribution in [2.24, 2.45) is 11.1 Å². The topological polar surface area (TPSA) is 105 Å². The van der Waals surface area contributed by atoms with E-state index in [-0.39, 0.29) is 12.5 Å². The Balaban J connectivity index is 1.61. The van der Waals surface area contributed by atoms with Crippen LogP contribution in [-0.4, -0.2) is 21.9 Å². The SMILES string of the molecule is Cc1cc(CO)c2cccc(Cc3cccc(NC(=O)C4(C(N)=O)CC4)c3)c2n1. The Kier molecular flexibility index (Phi) is 4.80.